The Bertz CT molecular complexity index is 477. The third kappa shape index (κ3) is 2.08. The number of hydrogen-bond acceptors (Lipinski definition) is 1. The fraction of sp³-hybridized carbons (Fsp3) is 0. The molecule has 0 aromatic heterocycles. The molecule has 1 nitrogen and oxygen atoms in total. The zero-order valence-electron chi connectivity index (χ0n) is 7.98. The van der Waals surface area contributed by atoms with Crippen molar-refractivity contribution in [3.8, 4) is 0 Å². The predicted octanol–water partition coefficient (Wildman–Crippen LogP) is 3.57. The summed E-state index contributed by atoms with van der Waals surface area (Å²) in [7, 11) is 0. The van der Waals surface area contributed by atoms with Crippen molar-refractivity contribution in [2.24, 2.45) is 0 Å². The van der Waals surface area contributed by atoms with Crippen LogP contribution in [0.4, 0.5) is 0 Å². The highest BCUT2D eigenvalue weighted by molar-refractivity contribution is 6.34. The second kappa shape index (κ2) is 4.28. The Hall–Kier alpha value is -1.60. The van der Waals surface area contributed by atoms with Gasteiger partial charge in [0.2, 0.25) is 0 Å². The van der Waals surface area contributed by atoms with E-state index in [1.807, 2.05) is 30.3 Å². The Kier molecular flexibility index (Phi) is 2.84. The predicted molar refractivity (Wildman–Crippen MR) is 61.3 cm³/mol. The number of halogens is 1. The quantitative estimate of drug-likeness (QED) is 0.702. The van der Waals surface area contributed by atoms with E-state index >= 15 is 0 Å². The van der Waals surface area contributed by atoms with Gasteiger partial charge in [-0.05, 0) is 12.1 Å². The lowest BCUT2D eigenvalue weighted by atomic mass is 10.0. The molecule has 2 aromatic rings. The minimum absolute atomic E-state index is 0.0406. The van der Waals surface area contributed by atoms with E-state index in [0.717, 1.165) is 0 Å². The van der Waals surface area contributed by atoms with E-state index in [-0.39, 0.29) is 5.78 Å². The van der Waals surface area contributed by atoms with Gasteiger partial charge in [-0.25, -0.2) is 0 Å². The first-order chi connectivity index (χ1) is 7.29. The Morgan fingerprint density at radius 2 is 1.47 bits per heavy atom. The average molecular weight is 217 g/mol. The summed E-state index contributed by atoms with van der Waals surface area (Å²) in [5, 5.41) is 0.492. The van der Waals surface area contributed by atoms with Gasteiger partial charge in [0.1, 0.15) is 0 Å². The van der Waals surface area contributed by atoms with Crippen molar-refractivity contribution in [1.29, 1.82) is 0 Å². The maximum atomic E-state index is 12.0. The summed E-state index contributed by atoms with van der Waals surface area (Å²) in [6.07, 6.45) is 0. The van der Waals surface area contributed by atoms with Crippen LogP contribution in [0, 0.1) is 0 Å². The molecule has 0 aliphatic carbocycles. The smallest absolute Gasteiger partial charge is 0.194 e. The standard InChI is InChI=1S/C13H9ClO/c14-12-9-5-4-8-11(12)13(15)10-6-2-1-3-7-10/h1-9H. The molecule has 0 aliphatic rings. The Balaban J connectivity index is 2.42. The van der Waals surface area contributed by atoms with Gasteiger partial charge in [0.05, 0.1) is 5.02 Å². The Morgan fingerprint density at radius 3 is 2.13 bits per heavy atom. The van der Waals surface area contributed by atoms with Gasteiger partial charge in [-0.2, -0.15) is 0 Å². The maximum absolute atomic E-state index is 12.0. The van der Waals surface area contributed by atoms with E-state index in [1.54, 1.807) is 24.3 Å². The summed E-state index contributed by atoms with van der Waals surface area (Å²) in [5.74, 6) is -0.0406. The van der Waals surface area contributed by atoms with E-state index < -0.39 is 0 Å². The van der Waals surface area contributed by atoms with Crippen molar-refractivity contribution in [2.75, 3.05) is 0 Å². The van der Waals surface area contributed by atoms with Crippen molar-refractivity contribution >= 4 is 17.4 Å². The molecule has 15 heavy (non-hydrogen) atoms. The molecule has 2 heteroatoms. The fourth-order valence-electron chi connectivity index (χ4n) is 1.39. The van der Waals surface area contributed by atoms with Crippen molar-refractivity contribution in [3.05, 3.63) is 70.7 Å². The lowest BCUT2D eigenvalue weighted by Gasteiger charge is -2.02. The largest absolute Gasteiger partial charge is 0.289 e. The van der Waals surface area contributed by atoms with Crippen LogP contribution in [-0.4, -0.2) is 5.78 Å². The number of hydrogen-bond donors (Lipinski definition) is 0. The van der Waals surface area contributed by atoms with Crippen LogP contribution in [0.1, 0.15) is 15.9 Å². The van der Waals surface area contributed by atoms with Crippen molar-refractivity contribution in [1.82, 2.24) is 0 Å². The second-order valence-electron chi connectivity index (χ2n) is 3.17. The Morgan fingerprint density at radius 1 is 0.867 bits per heavy atom. The van der Waals surface area contributed by atoms with Gasteiger partial charge in [0.25, 0.3) is 0 Å². The van der Waals surface area contributed by atoms with Crippen LogP contribution >= 0.6 is 11.6 Å². The molecule has 2 rings (SSSR count). The maximum Gasteiger partial charge on any atom is 0.194 e. The molecule has 0 heterocycles. The van der Waals surface area contributed by atoms with E-state index in [0.29, 0.717) is 16.1 Å². The summed E-state index contributed by atoms with van der Waals surface area (Å²) in [4.78, 5) is 12.0. The first-order valence-corrected chi connectivity index (χ1v) is 5.01. The normalized spacial score (nSPS) is 9.93. The lowest BCUT2D eigenvalue weighted by Crippen LogP contribution is -2.01. The number of rotatable bonds is 2. The highest BCUT2D eigenvalue weighted by Gasteiger charge is 2.10. The molecular weight excluding hydrogens is 208 g/mol. The molecule has 0 aliphatic heterocycles. The fourth-order valence-corrected chi connectivity index (χ4v) is 1.61. The number of benzene rings is 2. The number of ketones is 1. The van der Waals surface area contributed by atoms with Crippen LogP contribution in [0.3, 0.4) is 0 Å². The second-order valence-corrected chi connectivity index (χ2v) is 3.58. The van der Waals surface area contributed by atoms with Gasteiger partial charge in [0.15, 0.2) is 5.78 Å². The van der Waals surface area contributed by atoms with E-state index in [1.165, 1.54) is 0 Å². The lowest BCUT2D eigenvalue weighted by molar-refractivity contribution is 0.103. The van der Waals surface area contributed by atoms with Crippen LogP contribution in [0.2, 0.25) is 5.02 Å². The number of carbonyl (C=O) groups is 1. The van der Waals surface area contributed by atoms with E-state index in [4.69, 9.17) is 11.6 Å². The zero-order chi connectivity index (χ0) is 10.7. The summed E-state index contributed by atoms with van der Waals surface area (Å²) >= 11 is 5.95. The third-order valence-corrected chi connectivity index (χ3v) is 2.48. The summed E-state index contributed by atoms with van der Waals surface area (Å²) in [5.41, 5.74) is 1.20. The molecule has 0 amide bonds. The molecule has 0 saturated heterocycles. The average Bonchev–Trinajstić information content (AvgIpc) is 2.30. The summed E-state index contributed by atoms with van der Waals surface area (Å²) in [6, 6.07) is 16.2. The molecule has 74 valence electrons. The van der Waals surface area contributed by atoms with Gasteiger partial charge < -0.3 is 0 Å². The van der Waals surface area contributed by atoms with Gasteiger partial charge in [-0.1, -0.05) is 54.1 Å². The molecule has 0 unspecified atom stereocenters. The van der Waals surface area contributed by atoms with Crippen molar-refractivity contribution in [2.45, 2.75) is 0 Å². The first-order valence-electron chi connectivity index (χ1n) is 4.63. The minimum atomic E-state index is -0.0406. The highest BCUT2D eigenvalue weighted by atomic mass is 35.5. The minimum Gasteiger partial charge on any atom is -0.289 e. The van der Waals surface area contributed by atoms with Crippen LogP contribution in [-0.2, 0) is 0 Å². The van der Waals surface area contributed by atoms with Crippen LogP contribution in [0.25, 0.3) is 0 Å². The van der Waals surface area contributed by atoms with Gasteiger partial charge >= 0.3 is 0 Å². The molecule has 0 atom stereocenters. The van der Waals surface area contributed by atoms with Gasteiger partial charge in [0, 0.05) is 11.1 Å². The van der Waals surface area contributed by atoms with Crippen molar-refractivity contribution < 1.29 is 4.79 Å². The summed E-state index contributed by atoms with van der Waals surface area (Å²) in [6.45, 7) is 0. The monoisotopic (exact) mass is 216 g/mol. The third-order valence-electron chi connectivity index (χ3n) is 2.15. The molecule has 2 aromatic carbocycles. The first kappa shape index (κ1) is 9.94. The van der Waals surface area contributed by atoms with E-state index in [9.17, 15) is 4.79 Å². The van der Waals surface area contributed by atoms with Gasteiger partial charge in [-0.15, -0.1) is 0 Å². The van der Waals surface area contributed by atoms with Gasteiger partial charge in [-0.3, -0.25) is 4.79 Å². The number of carbonyl (C=O) groups excluding carboxylic acids is 1. The highest BCUT2D eigenvalue weighted by Crippen LogP contribution is 2.18. The molecule has 0 saturated carbocycles. The summed E-state index contributed by atoms with van der Waals surface area (Å²) < 4.78 is 0. The molecule has 0 radical (unpaired) electrons. The topological polar surface area (TPSA) is 17.1 Å². The molecule has 0 spiro atoms. The molecule has 0 bridgehead atoms. The van der Waals surface area contributed by atoms with E-state index in [2.05, 4.69) is 0 Å². The van der Waals surface area contributed by atoms with Crippen LogP contribution < -0.4 is 0 Å². The molecular formula is C13H9ClO. The molecule has 0 N–H and O–H groups in total. The van der Waals surface area contributed by atoms with Crippen LogP contribution in [0.15, 0.2) is 54.6 Å². The zero-order valence-corrected chi connectivity index (χ0v) is 8.74. The van der Waals surface area contributed by atoms with Crippen molar-refractivity contribution in [3.63, 3.8) is 0 Å². The Labute approximate surface area is 93.3 Å². The molecule has 0 fully saturated rings. The van der Waals surface area contributed by atoms with Crippen LogP contribution in [0.5, 0.6) is 0 Å². The SMILES string of the molecule is O=C(c1ccccc1)c1ccccc1Cl.